The van der Waals surface area contributed by atoms with Crippen LogP contribution in [0.2, 0.25) is 0 Å². The van der Waals surface area contributed by atoms with E-state index in [1.807, 2.05) is 47.3 Å². The summed E-state index contributed by atoms with van der Waals surface area (Å²) >= 11 is 0. The first-order chi connectivity index (χ1) is 9.61. The molecule has 2 atom stereocenters. The summed E-state index contributed by atoms with van der Waals surface area (Å²) in [6.45, 7) is 4.22. The SMILES string of the molecule is CCC(C)n1ccc(CC(=O)C(N)c2ccccc2)n1. The van der Waals surface area contributed by atoms with Gasteiger partial charge in [0.05, 0.1) is 18.2 Å². The summed E-state index contributed by atoms with van der Waals surface area (Å²) in [5.74, 6) is -0.00870. The molecule has 0 radical (unpaired) electrons. The van der Waals surface area contributed by atoms with Gasteiger partial charge < -0.3 is 5.73 Å². The van der Waals surface area contributed by atoms with Gasteiger partial charge in [0.2, 0.25) is 0 Å². The molecule has 20 heavy (non-hydrogen) atoms. The Morgan fingerprint density at radius 1 is 1.30 bits per heavy atom. The van der Waals surface area contributed by atoms with Gasteiger partial charge in [-0.2, -0.15) is 5.10 Å². The van der Waals surface area contributed by atoms with E-state index < -0.39 is 6.04 Å². The fourth-order valence-corrected chi connectivity index (χ4v) is 2.04. The minimum atomic E-state index is -0.579. The van der Waals surface area contributed by atoms with Crippen molar-refractivity contribution in [2.45, 2.75) is 38.8 Å². The summed E-state index contributed by atoms with van der Waals surface area (Å²) in [7, 11) is 0. The number of carbonyl (C=O) groups is 1. The largest absolute Gasteiger partial charge is 0.318 e. The molecule has 0 amide bonds. The Bertz CT molecular complexity index is 562. The molecule has 1 aromatic heterocycles. The number of aromatic nitrogens is 2. The summed E-state index contributed by atoms with van der Waals surface area (Å²) in [6.07, 6.45) is 3.21. The molecule has 4 nitrogen and oxygen atoms in total. The molecular formula is C16H21N3O. The number of rotatable bonds is 6. The molecule has 2 N–H and O–H groups in total. The number of benzene rings is 1. The Kier molecular flexibility index (Phi) is 4.69. The minimum Gasteiger partial charge on any atom is -0.318 e. The number of ketones is 1. The topological polar surface area (TPSA) is 60.9 Å². The zero-order valence-corrected chi connectivity index (χ0v) is 12.0. The third kappa shape index (κ3) is 3.33. The number of carbonyl (C=O) groups excluding carboxylic acids is 1. The van der Waals surface area contributed by atoms with E-state index in [1.54, 1.807) is 0 Å². The van der Waals surface area contributed by atoms with Crippen LogP contribution < -0.4 is 5.73 Å². The number of nitrogens with two attached hydrogens (primary N) is 1. The van der Waals surface area contributed by atoms with E-state index in [0.717, 1.165) is 17.7 Å². The summed E-state index contributed by atoms with van der Waals surface area (Å²) in [6, 6.07) is 11.1. The van der Waals surface area contributed by atoms with Crippen LogP contribution in [0.15, 0.2) is 42.6 Å². The molecular weight excluding hydrogens is 250 g/mol. The highest BCUT2D eigenvalue weighted by molar-refractivity contribution is 5.86. The first-order valence-electron chi connectivity index (χ1n) is 6.99. The third-order valence-electron chi connectivity index (χ3n) is 3.57. The van der Waals surface area contributed by atoms with E-state index in [-0.39, 0.29) is 12.2 Å². The average Bonchev–Trinajstić information content (AvgIpc) is 2.95. The van der Waals surface area contributed by atoms with Crippen molar-refractivity contribution in [3.05, 3.63) is 53.9 Å². The molecule has 0 saturated carbocycles. The summed E-state index contributed by atoms with van der Waals surface area (Å²) in [4.78, 5) is 12.2. The van der Waals surface area contributed by atoms with Crippen LogP contribution in [0.5, 0.6) is 0 Å². The minimum absolute atomic E-state index is 0.00870. The van der Waals surface area contributed by atoms with Crippen molar-refractivity contribution in [2.24, 2.45) is 5.73 Å². The van der Waals surface area contributed by atoms with Gasteiger partial charge in [-0.3, -0.25) is 9.48 Å². The molecule has 0 aliphatic carbocycles. The van der Waals surface area contributed by atoms with E-state index in [9.17, 15) is 4.79 Å². The average molecular weight is 271 g/mol. The summed E-state index contributed by atoms with van der Waals surface area (Å²) in [5, 5.41) is 4.44. The van der Waals surface area contributed by atoms with Crippen molar-refractivity contribution in [1.29, 1.82) is 0 Å². The van der Waals surface area contributed by atoms with Gasteiger partial charge in [-0.25, -0.2) is 0 Å². The Morgan fingerprint density at radius 3 is 2.65 bits per heavy atom. The van der Waals surface area contributed by atoms with Crippen molar-refractivity contribution in [1.82, 2.24) is 9.78 Å². The van der Waals surface area contributed by atoms with Gasteiger partial charge in [-0.05, 0) is 25.0 Å². The Labute approximate surface area is 119 Å². The Morgan fingerprint density at radius 2 is 2.00 bits per heavy atom. The van der Waals surface area contributed by atoms with Gasteiger partial charge in [0.25, 0.3) is 0 Å². The highest BCUT2D eigenvalue weighted by Gasteiger charge is 2.17. The standard InChI is InChI=1S/C16H21N3O/c1-3-12(2)19-10-9-14(18-19)11-15(20)16(17)13-7-5-4-6-8-13/h4-10,12,16H,3,11,17H2,1-2H3. The molecule has 0 fully saturated rings. The fraction of sp³-hybridized carbons (Fsp3) is 0.375. The molecule has 0 spiro atoms. The van der Waals surface area contributed by atoms with Crippen LogP contribution in [-0.2, 0) is 11.2 Å². The molecule has 0 bridgehead atoms. The molecule has 1 aromatic carbocycles. The maximum absolute atomic E-state index is 12.2. The van der Waals surface area contributed by atoms with Crippen LogP contribution in [-0.4, -0.2) is 15.6 Å². The monoisotopic (exact) mass is 271 g/mol. The lowest BCUT2D eigenvalue weighted by molar-refractivity contribution is -0.119. The second-order valence-electron chi connectivity index (χ2n) is 5.08. The van der Waals surface area contributed by atoms with Crippen molar-refractivity contribution in [2.75, 3.05) is 0 Å². The van der Waals surface area contributed by atoms with Crippen molar-refractivity contribution >= 4 is 5.78 Å². The molecule has 0 aliphatic rings. The predicted molar refractivity (Wildman–Crippen MR) is 79.3 cm³/mol. The molecule has 2 unspecified atom stereocenters. The third-order valence-corrected chi connectivity index (χ3v) is 3.57. The summed E-state index contributed by atoms with van der Waals surface area (Å²) in [5.41, 5.74) is 7.62. The smallest absolute Gasteiger partial charge is 0.160 e. The normalized spacial score (nSPS) is 13.9. The zero-order chi connectivity index (χ0) is 14.5. The first-order valence-corrected chi connectivity index (χ1v) is 6.99. The van der Waals surface area contributed by atoms with Crippen LogP contribution in [0.1, 0.15) is 43.6 Å². The quantitative estimate of drug-likeness (QED) is 0.878. The molecule has 4 heteroatoms. The maximum Gasteiger partial charge on any atom is 0.160 e. The molecule has 0 saturated heterocycles. The van der Waals surface area contributed by atoms with Crippen LogP contribution >= 0.6 is 0 Å². The highest BCUT2D eigenvalue weighted by atomic mass is 16.1. The molecule has 0 aliphatic heterocycles. The number of nitrogens with zero attached hydrogens (tertiary/aromatic N) is 2. The van der Waals surface area contributed by atoms with Crippen LogP contribution in [0.3, 0.4) is 0 Å². The van der Waals surface area contributed by atoms with Gasteiger partial charge in [0.15, 0.2) is 5.78 Å². The van der Waals surface area contributed by atoms with E-state index >= 15 is 0 Å². The lowest BCUT2D eigenvalue weighted by atomic mass is 10.0. The molecule has 2 rings (SSSR count). The lowest BCUT2D eigenvalue weighted by Crippen LogP contribution is -2.23. The number of Topliss-reactive ketones (excluding diaryl/α,β-unsaturated/α-hetero) is 1. The Hall–Kier alpha value is -1.94. The highest BCUT2D eigenvalue weighted by Crippen LogP contribution is 2.14. The Balaban J connectivity index is 2.03. The van der Waals surface area contributed by atoms with Crippen molar-refractivity contribution < 1.29 is 4.79 Å². The zero-order valence-electron chi connectivity index (χ0n) is 12.0. The van der Waals surface area contributed by atoms with Gasteiger partial charge >= 0.3 is 0 Å². The lowest BCUT2D eigenvalue weighted by Gasteiger charge is -2.10. The van der Waals surface area contributed by atoms with Crippen LogP contribution in [0.4, 0.5) is 0 Å². The molecule has 106 valence electrons. The van der Waals surface area contributed by atoms with E-state index in [4.69, 9.17) is 5.73 Å². The second-order valence-corrected chi connectivity index (χ2v) is 5.08. The van der Waals surface area contributed by atoms with E-state index in [0.29, 0.717) is 6.04 Å². The number of hydrogen-bond acceptors (Lipinski definition) is 3. The van der Waals surface area contributed by atoms with E-state index in [1.165, 1.54) is 0 Å². The number of hydrogen-bond donors (Lipinski definition) is 1. The van der Waals surface area contributed by atoms with Gasteiger partial charge in [-0.15, -0.1) is 0 Å². The van der Waals surface area contributed by atoms with Crippen LogP contribution in [0.25, 0.3) is 0 Å². The van der Waals surface area contributed by atoms with E-state index in [2.05, 4.69) is 18.9 Å². The predicted octanol–water partition coefficient (Wildman–Crippen LogP) is 2.67. The maximum atomic E-state index is 12.2. The van der Waals surface area contributed by atoms with Gasteiger partial charge in [0, 0.05) is 12.2 Å². The van der Waals surface area contributed by atoms with Crippen molar-refractivity contribution in [3.63, 3.8) is 0 Å². The van der Waals surface area contributed by atoms with Gasteiger partial charge in [0.1, 0.15) is 0 Å². The van der Waals surface area contributed by atoms with Crippen LogP contribution in [0, 0.1) is 0 Å². The fourth-order valence-electron chi connectivity index (χ4n) is 2.04. The summed E-state index contributed by atoms with van der Waals surface area (Å²) < 4.78 is 1.90. The first kappa shape index (κ1) is 14.5. The molecule has 2 aromatic rings. The molecule has 1 heterocycles. The second kappa shape index (κ2) is 6.48. The van der Waals surface area contributed by atoms with Gasteiger partial charge in [-0.1, -0.05) is 37.3 Å². The van der Waals surface area contributed by atoms with Crippen molar-refractivity contribution in [3.8, 4) is 0 Å².